The van der Waals surface area contributed by atoms with Gasteiger partial charge in [0, 0.05) is 37.1 Å². The number of rotatable bonds is 6. The van der Waals surface area contributed by atoms with Gasteiger partial charge in [0.15, 0.2) is 17.3 Å². The lowest BCUT2D eigenvalue weighted by molar-refractivity contribution is -0.140. The normalized spacial score (nSPS) is 11.9. The van der Waals surface area contributed by atoms with Crippen LogP contribution in [-0.4, -0.2) is 24.5 Å². The number of hydrogen-bond donors (Lipinski definition) is 1. The molecule has 9 heteroatoms. The number of nitrogens with one attached hydrogen (secondary N) is 1. The Balaban J connectivity index is 1.43. The summed E-state index contributed by atoms with van der Waals surface area (Å²) in [5, 5.41) is 3.37. The van der Waals surface area contributed by atoms with Crippen LogP contribution < -0.4 is 5.32 Å². The predicted octanol–water partition coefficient (Wildman–Crippen LogP) is 6.85. The minimum atomic E-state index is -4.48. The highest BCUT2D eigenvalue weighted by Crippen LogP contribution is 2.32. The van der Waals surface area contributed by atoms with Crippen LogP contribution in [0.2, 0.25) is 0 Å². The lowest BCUT2D eigenvalue weighted by Gasteiger charge is -2.14. The zero-order valence-electron chi connectivity index (χ0n) is 20.6. The first-order valence-corrected chi connectivity index (χ1v) is 11.9. The number of imidazole rings is 1. The van der Waals surface area contributed by atoms with E-state index < -0.39 is 11.9 Å². The Morgan fingerprint density at radius 3 is 2.38 bits per heavy atom. The standard InChI is InChI=1S/C28H25F3N6/c1-17(2)20-7-4-5-8-21(20)25-34-22-9-6-14-32-24(22)26(36-25)33-15-18-10-12-19(13-11-18)27-35-23(16-37(27)3)28(29,30)31/h4-14,16-17H,15H2,1-3H3,(H,33,34,36). The molecule has 3 aromatic heterocycles. The van der Waals surface area contributed by atoms with Crippen molar-refractivity contribution in [1.82, 2.24) is 24.5 Å². The summed E-state index contributed by atoms with van der Waals surface area (Å²) >= 11 is 0. The maximum Gasteiger partial charge on any atom is 0.434 e. The van der Waals surface area contributed by atoms with Gasteiger partial charge in [-0.15, -0.1) is 0 Å². The van der Waals surface area contributed by atoms with Gasteiger partial charge < -0.3 is 9.88 Å². The Labute approximate surface area is 212 Å². The number of nitrogens with zero attached hydrogens (tertiary/aromatic N) is 5. The molecule has 0 aliphatic carbocycles. The average molecular weight is 503 g/mol. The lowest BCUT2D eigenvalue weighted by Crippen LogP contribution is -2.06. The molecule has 0 fully saturated rings. The first kappa shape index (κ1) is 24.4. The van der Waals surface area contributed by atoms with Crippen LogP contribution in [0.4, 0.5) is 19.0 Å². The average Bonchev–Trinajstić information content (AvgIpc) is 3.29. The Bertz CT molecular complexity index is 1560. The lowest BCUT2D eigenvalue weighted by atomic mass is 9.97. The second-order valence-electron chi connectivity index (χ2n) is 9.12. The fourth-order valence-electron chi connectivity index (χ4n) is 4.24. The highest BCUT2D eigenvalue weighted by molar-refractivity contribution is 5.87. The third kappa shape index (κ3) is 5.02. The number of fused-ring (bicyclic) bond motifs is 1. The van der Waals surface area contributed by atoms with Gasteiger partial charge in [-0.25, -0.2) is 15.0 Å². The third-order valence-corrected chi connectivity index (χ3v) is 6.12. The molecule has 0 unspecified atom stereocenters. The molecule has 37 heavy (non-hydrogen) atoms. The quantitative estimate of drug-likeness (QED) is 0.275. The Kier molecular flexibility index (Phi) is 6.37. The maximum atomic E-state index is 13.0. The van der Waals surface area contributed by atoms with Crippen molar-refractivity contribution in [3.05, 3.63) is 89.9 Å². The van der Waals surface area contributed by atoms with E-state index in [1.807, 2.05) is 42.5 Å². The van der Waals surface area contributed by atoms with Gasteiger partial charge in [0.25, 0.3) is 0 Å². The molecule has 188 valence electrons. The Hall–Kier alpha value is -4.27. The van der Waals surface area contributed by atoms with E-state index in [0.717, 1.165) is 28.4 Å². The summed E-state index contributed by atoms with van der Waals surface area (Å²) < 4.78 is 40.5. The number of alkyl halides is 3. The van der Waals surface area contributed by atoms with Crippen molar-refractivity contribution in [3.63, 3.8) is 0 Å². The minimum Gasteiger partial charge on any atom is -0.364 e. The molecule has 0 aliphatic heterocycles. The van der Waals surface area contributed by atoms with Crippen molar-refractivity contribution < 1.29 is 13.2 Å². The minimum absolute atomic E-state index is 0.256. The third-order valence-electron chi connectivity index (χ3n) is 6.12. The molecule has 0 amide bonds. The van der Waals surface area contributed by atoms with Crippen LogP contribution in [0.1, 0.15) is 36.6 Å². The summed E-state index contributed by atoms with van der Waals surface area (Å²) in [6.45, 7) is 4.72. The van der Waals surface area contributed by atoms with Crippen LogP contribution in [0, 0.1) is 0 Å². The summed E-state index contributed by atoms with van der Waals surface area (Å²) in [5.41, 5.74) is 4.16. The Morgan fingerprint density at radius 1 is 0.919 bits per heavy atom. The zero-order chi connectivity index (χ0) is 26.2. The van der Waals surface area contributed by atoms with Gasteiger partial charge >= 0.3 is 6.18 Å². The highest BCUT2D eigenvalue weighted by atomic mass is 19.4. The number of pyridine rings is 1. The predicted molar refractivity (Wildman–Crippen MR) is 138 cm³/mol. The first-order chi connectivity index (χ1) is 17.7. The number of hydrogen-bond acceptors (Lipinski definition) is 5. The maximum absolute atomic E-state index is 13.0. The number of aromatic nitrogens is 5. The van der Waals surface area contributed by atoms with Gasteiger partial charge in [-0.2, -0.15) is 13.2 Å². The smallest absolute Gasteiger partial charge is 0.364 e. The van der Waals surface area contributed by atoms with Crippen LogP contribution >= 0.6 is 0 Å². The molecule has 5 aromatic rings. The molecule has 0 saturated carbocycles. The van der Waals surface area contributed by atoms with Crippen molar-refractivity contribution in [2.24, 2.45) is 7.05 Å². The van der Waals surface area contributed by atoms with E-state index in [2.05, 4.69) is 35.2 Å². The van der Waals surface area contributed by atoms with Crippen molar-refractivity contribution in [3.8, 4) is 22.8 Å². The first-order valence-electron chi connectivity index (χ1n) is 11.9. The summed E-state index contributed by atoms with van der Waals surface area (Å²) in [6, 6.07) is 19.1. The van der Waals surface area contributed by atoms with Crippen LogP contribution in [-0.2, 0) is 19.8 Å². The van der Waals surface area contributed by atoms with E-state index in [4.69, 9.17) is 9.97 Å². The van der Waals surface area contributed by atoms with E-state index in [1.54, 1.807) is 25.4 Å². The second-order valence-corrected chi connectivity index (χ2v) is 9.12. The molecular formula is C28H25F3N6. The summed E-state index contributed by atoms with van der Waals surface area (Å²) in [4.78, 5) is 17.8. The molecule has 5 rings (SSSR count). The Morgan fingerprint density at radius 2 is 1.68 bits per heavy atom. The van der Waals surface area contributed by atoms with Crippen LogP contribution in [0.5, 0.6) is 0 Å². The van der Waals surface area contributed by atoms with E-state index in [-0.39, 0.29) is 5.82 Å². The summed E-state index contributed by atoms with van der Waals surface area (Å²) in [5.74, 6) is 1.80. The van der Waals surface area contributed by atoms with E-state index in [1.165, 1.54) is 4.57 Å². The molecule has 0 aliphatic rings. The summed E-state index contributed by atoms with van der Waals surface area (Å²) in [6.07, 6.45) is -1.79. The molecular weight excluding hydrogens is 477 g/mol. The number of anilines is 1. The monoisotopic (exact) mass is 502 g/mol. The van der Waals surface area contributed by atoms with E-state index in [0.29, 0.717) is 35.2 Å². The van der Waals surface area contributed by atoms with Gasteiger partial charge in [0.2, 0.25) is 0 Å². The zero-order valence-corrected chi connectivity index (χ0v) is 20.6. The number of aryl methyl sites for hydroxylation is 1. The molecule has 0 bridgehead atoms. The SMILES string of the molecule is CC(C)c1ccccc1-c1nc(NCc2ccc(-c3nc(C(F)(F)F)cn3C)cc2)c2ncccc2n1. The summed E-state index contributed by atoms with van der Waals surface area (Å²) in [7, 11) is 1.55. The van der Waals surface area contributed by atoms with Gasteiger partial charge in [0.05, 0.1) is 5.52 Å². The largest absolute Gasteiger partial charge is 0.434 e. The fourth-order valence-corrected chi connectivity index (χ4v) is 4.24. The van der Waals surface area contributed by atoms with Crippen LogP contribution in [0.3, 0.4) is 0 Å². The molecule has 0 atom stereocenters. The molecule has 2 aromatic carbocycles. The topological polar surface area (TPSA) is 68.5 Å². The fraction of sp³-hybridized carbons (Fsp3) is 0.214. The van der Waals surface area contributed by atoms with Gasteiger partial charge in [0.1, 0.15) is 11.3 Å². The molecule has 0 radical (unpaired) electrons. The second kappa shape index (κ2) is 9.65. The van der Waals surface area contributed by atoms with Crippen molar-refractivity contribution in [2.45, 2.75) is 32.5 Å². The molecule has 1 N–H and O–H groups in total. The molecule has 3 heterocycles. The number of benzene rings is 2. The van der Waals surface area contributed by atoms with Crippen LogP contribution in [0.15, 0.2) is 73.1 Å². The van der Waals surface area contributed by atoms with Gasteiger partial charge in [-0.05, 0) is 29.2 Å². The molecule has 0 saturated heterocycles. The van der Waals surface area contributed by atoms with Gasteiger partial charge in [-0.3, -0.25) is 4.98 Å². The number of halogens is 3. The molecule has 6 nitrogen and oxygen atoms in total. The van der Waals surface area contributed by atoms with Gasteiger partial charge in [-0.1, -0.05) is 62.4 Å². The van der Waals surface area contributed by atoms with Crippen LogP contribution in [0.25, 0.3) is 33.8 Å². The van der Waals surface area contributed by atoms with Crippen molar-refractivity contribution >= 4 is 16.9 Å². The molecule has 0 spiro atoms. The van der Waals surface area contributed by atoms with E-state index in [9.17, 15) is 13.2 Å². The van der Waals surface area contributed by atoms with Crippen molar-refractivity contribution in [1.29, 1.82) is 0 Å². The van der Waals surface area contributed by atoms with E-state index >= 15 is 0 Å². The highest BCUT2D eigenvalue weighted by Gasteiger charge is 2.34. The van der Waals surface area contributed by atoms with Crippen molar-refractivity contribution in [2.75, 3.05) is 5.32 Å².